The molecule has 1 unspecified atom stereocenters. The van der Waals surface area contributed by atoms with E-state index >= 15 is 0 Å². The quantitative estimate of drug-likeness (QED) is 0.568. The molecule has 4 rings (SSSR count). The SMILES string of the molecule is CN(c1ccccc1)C(c1ccccc1)n1nnc2ccccc21. The van der Waals surface area contributed by atoms with Crippen LogP contribution in [0, 0.1) is 0 Å². The Morgan fingerprint density at radius 2 is 1.42 bits per heavy atom. The third kappa shape index (κ3) is 2.52. The molecule has 0 spiro atoms. The Bertz CT molecular complexity index is 931. The van der Waals surface area contributed by atoms with E-state index in [0.29, 0.717) is 0 Å². The van der Waals surface area contributed by atoms with Crippen molar-refractivity contribution in [1.82, 2.24) is 15.0 Å². The lowest BCUT2D eigenvalue weighted by molar-refractivity contribution is 0.513. The summed E-state index contributed by atoms with van der Waals surface area (Å²) in [4.78, 5) is 2.22. The molecule has 1 atom stereocenters. The van der Waals surface area contributed by atoms with Crippen molar-refractivity contribution in [2.75, 3.05) is 11.9 Å². The van der Waals surface area contributed by atoms with Gasteiger partial charge in [-0.25, -0.2) is 4.68 Å². The van der Waals surface area contributed by atoms with E-state index in [1.54, 1.807) is 0 Å². The zero-order valence-corrected chi connectivity index (χ0v) is 13.4. The molecule has 0 fully saturated rings. The number of nitrogens with zero attached hydrogens (tertiary/aromatic N) is 4. The summed E-state index contributed by atoms with van der Waals surface area (Å²) in [6, 6.07) is 28.8. The smallest absolute Gasteiger partial charge is 0.151 e. The average molecular weight is 314 g/mol. The van der Waals surface area contributed by atoms with E-state index in [0.717, 1.165) is 16.7 Å². The third-order valence-corrected chi connectivity index (χ3v) is 4.24. The Morgan fingerprint density at radius 3 is 2.17 bits per heavy atom. The summed E-state index contributed by atoms with van der Waals surface area (Å²) in [5, 5.41) is 8.77. The summed E-state index contributed by atoms with van der Waals surface area (Å²) < 4.78 is 1.98. The van der Waals surface area contributed by atoms with Crippen molar-refractivity contribution in [1.29, 1.82) is 0 Å². The number of anilines is 1. The number of hydrogen-bond donors (Lipinski definition) is 0. The van der Waals surface area contributed by atoms with Crippen LogP contribution in [0.3, 0.4) is 0 Å². The van der Waals surface area contributed by atoms with Gasteiger partial charge in [-0.05, 0) is 29.8 Å². The third-order valence-electron chi connectivity index (χ3n) is 4.24. The molecule has 0 aliphatic rings. The molecule has 0 amide bonds. The minimum Gasteiger partial charge on any atom is -0.349 e. The maximum absolute atomic E-state index is 4.44. The normalized spacial score (nSPS) is 12.2. The van der Waals surface area contributed by atoms with Gasteiger partial charge in [-0.1, -0.05) is 65.9 Å². The summed E-state index contributed by atoms with van der Waals surface area (Å²) in [6.45, 7) is 0. The van der Waals surface area contributed by atoms with Crippen LogP contribution >= 0.6 is 0 Å². The Balaban J connectivity index is 1.88. The Hall–Kier alpha value is -3.14. The molecule has 0 saturated carbocycles. The molecule has 4 nitrogen and oxygen atoms in total. The van der Waals surface area contributed by atoms with Gasteiger partial charge < -0.3 is 4.90 Å². The van der Waals surface area contributed by atoms with Gasteiger partial charge in [-0.3, -0.25) is 0 Å². The van der Waals surface area contributed by atoms with Crippen LogP contribution in [-0.4, -0.2) is 22.0 Å². The molecule has 4 heteroatoms. The average Bonchev–Trinajstić information content (AvgIpc) is 3.07. The van der Waals surface area contributed by atoms with E-state index < -0.39 is 0 Å². The van der Waals surface area contributed by atoms with Crippen LogP contribution in [0.25, 0.3) is 11.0 Å². The van der Waals surface area contributed by atoms with Crippen molar-refractivity contribution in [3.05, 3.63) is 90.5 Å². The first-order valence-electron chi connectivity index (χ1n) is 7.97. The molecule has 1 heterocycles. The number of hydrogen-bond acceptors (Lipinski definition) is 3. The van der Waals surface area contributed by atoms with Gasteiger partial charge in [0.05, 0.1) is 5.52 Å². The summed E-state index contributed by atoms with van der Waals surface area (Å²) in [7, 11) is 2.09. The molecule has 0 saturated heterocycles. The summed E-state index contributed by atoms with van der Waals surface area (Å²) in [6.07, 6.45) is -0.0685. The van der Waals surface area contributed by atoms with Crippen LogP contribution in [0.4, 0.5) is 5.69 Å². The van der Waals surface area contributed by atoms with Gasteiger partial charge >= 0.3 is 0 Å². The molecule has 1 aromatic heterocycles. The molecule has 118 valence electrons. The Labute approximate surface area is 141 Å². The first-order chi connectivity index (χ1) is 11.8. The van der Waals surface area contributed by atoms with E-state index in [1.807, 2.05) is 47.1 Å². The molecule has 3 aromatic carbocycles. The monoisotopic (exact) mass is 314 g/mol. The van der Waals surface area contributed by atoms with Gasteiger partial charge in [-0.15, -0.1) is 5.10 Å². The molecule has 0 bridgehead atoms. The lowest BCUT2D eigenvalue weighted by Crippen LogP contribution is -2.30. The second-order valence-electron chi connectivity index (χ2n) is 5.75. The summed E-state index contributed by atoms with van der Waals surface area (Å²) in [5.74, 6) is 0. The first-order valence-corrected chi connectivity index (χ1v) is 7.97. The highest BCUT2D eigenvalue weighted by Crippen LogP contribution is 2.28. The molecular weight excluding hydrogens is 296 g/mol. The fourth-order valence-corrected chi connectivity index (χ4v) is 3.03. The van der Waals surface area contributed by atoms with Gasteiger partial charge in [0.1, 0.15) is 5.52 Å². The van der Waals surface area contributed by atoms with Crippen LogP contribution < -0.4 is 4.90 Å². The van der Waals surface area contributed by atoms with E-state index in [2.05, 4.69) is 64.7 Å². The van der Waals surface area contributed by atoms with Crippen LogP contribution in [0.5, 0.6) is 0 Å². The maximum Gasteiger partial charge on any atom is 0.151 e. The van der Waals surface area contributed by atoms with E-state index in [4.69, 9.17) is 0 Å². The first kappa shape index (κ1) is 14.5. The number of aromatic nitrogens is 3. The van der Waals surface area contributed by atoms with Crippen LogP contribution in [-0.2, 0) is 0 Å². The van der Waals surface area contributed by atoms with E-state index in [1.165, 1.54) is 5.56 Å². The van der Waals surface area contributed by atoms with E-state index in [-0.39, 0.29) is 6.17 Å². The van der Waals surface area contributed by atoms with Gasteiger partial charge in [0, 0.05) is 12.7 Å². The van der Waals surface area contributed by atoms with Crippen molar-refractivity contribution in [2.45, 2.75) is 6.17 Å². The van der Waals surface area contributed by atoms with Gasteiger partial charge in [-0.2, -0.15) is 0 Å². The molecule has 0 radical (unpaired) electrons. The molecular formula is C20H18N4. The van der Waals surface area contributed by atoms with Gasteiger partial charge in [0.25, 0.3) is 0 Å². The highest BCUT2D eigenvalue weighted by molar-refractivity contribution is 5.74. The molecule has 4 aromatic rings. The number of benzene rings is 3. The van der Waals surface area contributed by atoms with Crippen molar-refractivity contribution in [2.24, 2.45) is 0 Å². The minimum absolute atomic E-state index is 0.0685. The number of para-hydroxylation sites is 2. The molecule has 0 N–H and O–H groups in total. The summed E-state index contributed by atoms with van der Waals surface area (Å²) >= 11 is 0. The predicted molar refractivity (Wildman–Crippen MR) is 97.0 cm³/mol. The maximum atomic E-state index is 4.44. The number of rotatable bonds is 4. The Kier molecular flexibility index (Phi) is 3.71. The molecule has 0 aliphatic heterocycles. The topological polar surface area (TPSA) is 34.0 Å². The lowest BCUT2D eigenvalue weighted by Gasteiger charge is -2.30. The zero-order valence-electron chi connectivity index (χ0n) is 13.4. The standard InChI is InChI=1S/C20H18N4/c1-23(17-12-6-3-7-13-17)20(16-10-4-2-5-11-16)24-19-15-9-8-14-18(19)21-22-24/h2-15,20H,1H3. The zero-order chi connectivity index (χ0) is 16.4. The Morgan fingerprint density at radius 1 is 0.792 bits per heavy atom. The highest BCUT2D eigenvalue weighted by Gasteiger charge is 2.22. The van der Waals surface area contributed by atoms with Crippen LogP contribution in [0.2, 0.25) is 0 Å². The largest absolute Gasteiger partial charge is 0.349 e. The highest BCUT2D eigenvalue weighted by atomic mass is 15.5. The van der Waals surface area contributed by atoms with Gasteiger partial charge in [0.15, 0.2) is 6.17 Å². The lowest BCUT2D eigenvalue weighted by atomic mass is 10.1. The predicted octanol–water partition coefficient (Wildman–Crippen LogP) is 4.11. The number of fused-ring (bicyclic) bond motifs is 1. The fraction of sp³-hybridized carbons (Fsp3) is 0.100. The van der Waals surface area contributed by atoms with Crippen molar-refractivity contribution in [3.63, 3.8) is 0 Å². The van der Waals surface area contributed by atoms with Crippen molar-refractivity contribution in [3.8, 4) is 0 Å². The second kappa shape index (κ2) is 6.16. The summed E-state index contributed by atoms with van der Waals surface area (Å²) in [5.41, 5.74) is 4.22. The second-order valence-corrected chi connectivity index (χ2v) is 5.75. The van der Waals surface area contributed by atoms with Crippen molar-refractivity contribution >= 4 is 16.7 Å². The van der Waals surface area contributed by atoms with Crippen LogP contribution in [0.1, 0.15) is 11.7 Å². The fourth-order valence-electron chi connectivity index (χ4n) is 3.03. The minimum atomic E-state index is -0.0685. The van der Waals surface area contributed by atoms with E-state index in [9.17, 15) is 0 Å². The van der Waals surface area contributed by atoms with Crippen molar-refractivity contribution < 1.29 is 0 Å². The van der Waals surface area contributed by atoms with Crippen LogP contribution in [0.15, 0.2) is 84.9 Å². The molecule has 24 heavy (non-hydrogen) atoms. The van der Waals surface area contributed by atoms with Gasteiger partial charge in [0.2, 0.25) is 0 Å². The molecule has 0 aliphatic carbocycles.